The highest BCUT2D eigenvalue weighted by atomic mass is 16.2. The topological polar surface area (TPSA) is 36.4 Å². The van der Waals surface area contributed by atoms with Gasteiger partial charge in [-0.3, -0.25) is 14.7 Å². The number of pyridine rings is 1. The van der Waals surface area contributed by atoms with E-state index in [4.69, 9.17) is 0 Å². The maximum absolute atomic E-state index is 12.4. The molecule has 4 nitrogen and oxygen atoms in total. The smallest absolute Gasteiger partial charge is 0.272 e. The van der Waals surface area contributed by atoms with Gasteiger partial charge in [-0.2, -0.15) is 0 Å². The molecule has 0 N–H and O–H groups in total. The van der Waals surface area contributed by atoms with E-state index in [-0.39, 0.29) is 5.91 Å². The summed E-state index contributed by atoms with van der Waals surface area (Å²) in [7, 11) is 0. The minimum atomic E-state index is 0.0385. The molecule has 126 valence electrons. The van der Waals surface area contributed by atoms with Gasteiger partial charge in [0.05, 0.1) is 0 Å². The van der Waals surface area contributed by atoms with E-state index in [1.165, 1.54) is 11.1 Å². The van der Waals surface area contributed by atoms with Crippen molar-refractivity contribution in [3.05, 3.63) is 65.5 Å². The van der Waals surface area contributed by atoms with E-state index in [1.54, 1.807) is 12.3 Å². The van der Waals surface area contributed by atoms with Crippen molar-refractivity contribution in [2.45, 2.75) is 26.3 Å². The molecule has 0 spiro atoms. The molecule has 1 aliphatic rings. The van der Waals surface area contributed by atoms with Gasteiger partial charge in [0.2, 0.25) is 0 Å². The van der Waals surface area contributed by atoms with Gasteiger partial charge in [0.25, 0.3) is 5.91 Å². The van der Waals surface area contributed by atoms with Gasteiger partial charge in [0.1, 0.15) is 5.69 Å². The zero-order chi connectivity index (χ0) is 16.9. The first-order valence-electron chi connectivity index (χ1n) is 8.65. The second-order valence-corrected chi connectivity index (χ2v) is 6.68. The lowest BCUT2D eigenvalue weighted by atomic mass is 10.0. The fraction of sp³-hybridized carbons (Fsp3) is 0.400. The highest BCUT2D eigenvalue weighted by Crippen LogP contribution is 2.16. The van der Waals surface area contributed by atoms with Crippen LogP contribution in [0.1, 0.15) is 41.4 Å². The van der Waals surface area contributed by atoms with Crippen LogP contribution in [0.4, 0.5) is 0 Å². The fourth-order valence-electron chi connectivity index (χ4n) is 3.03. The van der Waals surface area contributed by atoms with Gasteiger partial charge in [-0.1, -0.05) is 44.2 Å². The highest BCUT2D eigenvalue weighted by molar-refractivity contribution is 5.92. The van der Waals surface area contributed by atoms with Crippen LogP contribution in [0.15, 0.2) is 48.7 Å². The van der Waals surface area contributed by atoms with Crippen molar-refractivity contribution >= 4 is 5.91 Å². The Hall–Kier alpha value is -2.20. The Morgan fingerprint density at radius 3 is 2.33 bits per heavy atom. The van der Waals surface area contributed by atoms with Crippen molar-refractivity contribution in [2.24, 2.45) is 0 Å². The summed E-state index contributed by atoms with van der Waals surface area (Å²) < 4.78 is 0. The molecule has 1 fully saturated rings. The van der Waals surface area contributed by atoms with Crippen LogP contribution in [0, 0.1) is 0 Å². The number of aromatic nitrogens is 1. The maximum Gasteiger partial charge on any atom is 0.272 e. The number of carbonyl (C=O) groups excluding carboxylic acids is 1. The SMILES string of the molecule is CC(C)c1ccc(CN2CCN(C(=O)c3ccccn3)CC2)cc1. The summed E-state index contributed by atoms with van der Waals surface area (Å²) in [5, 5.41) is 0. The van der Waals surface area contributed by atoms with E-state index >= 15 is 0 Å². The zero-order valence-electron chi connectivity index (χ0n) is 14.5. The van der Waals surface area contributed by atoms with Crippen molar-refractivity contribution in [3.8, 4) is 0 Å². The number of rotatable bonds is 4. The van der Waals surface area contributed by atoms with E-state index in [0.29, 0.717) is 11.6 Å². The predicted octanol–water partition coefficient (Wildman–Crippen LogP) is 3.16. The van der Waals surface area contributed by atoms with Gasteiger partial charge in [-0.15, -0.1) is 0 Å². The number of piperazine rings is 1. The molecule has 2 aromatic rings. The third-order valence-electron chi connectivity index (χ3n) is 4.60. The first kappa shape index (κ1) is 16.7. The van der Waals surface area contributed by atoms with Crippen LogP contribution < -0.4 is 0 Å². The van der Waals surface area contributed by atoms with E-state index in [9.17, 15) is 4.79 Å². The fourth-order valence-corrected chi connectivity index (χ4v) is 3.03. The van der Waals surface area contributed by atoms with Crippen LogP contribution in [0.3, 0.4) is 0 Å². The Kier molecular flexibility index (Phi) is 5.26. The van der Waals surface area contributed by atoms with Crippen LogP contribution in [-0.2, 0) is 6.54 Å². The summed E-state index contributed by atoms with van der Waals surface area (Å²) in [5.74, 6) is 0.608. The molecule has 1 aromatic heterocycles. The van der Waals surface area contributed by atoms with Crippen LogP contribution in [-0.4, -0.2) is 46.9 Å². The molecule has 1 aliphatic heterocycles. The Morgan fingerprint density at radius 1 is 1.04 bits per heavy atom. The molecule has 2 heterocycles. The van der Waals surface area contributed by atoms with Gasteiger partial charge in [-0.25, -0.2) is 0 Å². The molecule has 0 bridgehead atoms. The second-order valence-electron chi connectivity index (χ2n) is 6.68. The van der Waals surface area contributed by atoms with Gasteiger partial charge in [0, 0.05) is 38.9 Å². The number of carbonyl (C=O) groups is 1. The lowest BCUT2D eigenvalue weighted by molar-refractivity contribution is 0.0622. The average Bonchev–Trinajstić information content (AvgIpc) is 2.63. The van der Waals surface area contributed by atoms with Crippen LogP contribution in [0.5, 0.6) is 0 Å². The Labute approximate surface area is 144 Å². The predicted molar refractivity (Wildman–Crippen MR) is 95.9 cm³/mol. The molecular formula is C20H25N3O. The lowest BCUT2D eigenvalue weighted by Gasteiger charge is -2.34. The zero-order valence-corrected chi connectivity index (χ0v) is 14.5. The van der Waals surface area contributed by atoms with Crippen molar-refractivity contribution in [1.29, 1.82) is 0 Å². The molecular weight excluding hydrogens is 298 g/mol. The Balaban J connectivity index is 1.52. The van der Waals surface area contributed by atoms with Gasteiger partial charge < -0.3 is 4.90 Å². The minimum Gasteiger partial charge on any atom is -0.335 e. The number of benzene rings is 1. The summed E-state index contributed by atoms with van der Waals surface area (Å²) in [6.07, 6.45) is 1.67. The molecule has 0 aliphatic carbocycles. The molecule has 1 amide bonds. The quantitative estimate of drug-likeness (QED) is 0.867. The Bertz CT molecular complexity index is 659. The van der Waals surface area contributed by atoms with E-state index in [2.05, 4.69) is 48.0 Å². The molecule has 0 saturated carbocycles. The summed E-state index contributed by atoms with van der Waals surface area (Å²) in [6.45, 7) is 8.72. The van der Waals surface area contributed by atoms with E-state index in [0.717, 1.165) is 32.7 Å². The Morgan fingerprint density at radius 2 is 1.75 bits per heavy atom. The molecule has 24 heavy (non-hydrogen) atoms. The van der Waals surface area contributed by atoms with Crippen molar-refractivity contribution in [1.82, 2.24) is 14.8 Å². The van der Waals surface area contributed by atoms with Gasteiger partial charge in [-0.05, 0) is 29.2 Å². The number of hydrogen-bond acceptors (Lipinski definition) is 3. The highest BCUT2D eigenvalue weighted by Gasteiger charge is 2.22. The summed E-state index contributed by atoms with van der Waals surface area (Å²) in [4.78, 5) is 20.9. The van der Waals surface area contributed by atoms with Crippen LogP contribution >= 0.6 is 0 Å². The molecule has 1 aromatic carbocycles. The number of amides is 1. The number of nitrogens with zero attached hydrogens (tertiary/aromatic N) is 3. The monoisotopic (exact) mass is 323 g/mol. The maximum atomic E-state index is 12.4. The summed E-state index contributed by atoms with van der Waals surface area (Å²) in [5.41, 5.74) is 3.25. The van der Waals surface area contributed by atoms with E-state index in [1.807, 2.05) is 17.0 Å². The van der Waals surface area contributed by atoms with E-state index < -0.39 is 0 Å². The first-order valence-corrected chi connectivity index (χ1v) is 8.65. The molecule has 4 heteroatoms. The molecule has 3 rings (SSSR count). The van der Waals surface area contributed by atoms with Crippen molar-refractivity contribution < 1.29 is 4.79 Å². The lowest BCUT2D eigenvalue weighted by Crippen LogP contribution is -2.48. The third-order valence-corrected chi connectivity index (χ3v) is 4.60. The van der Waals surface area contributed by atoms with Crippen molar-refractivity contribution in [3.63, 3.8) is 0 Å². The first-order chi connectivity index (χ1) is 11.6. The molecule has 1 saturated heterocycles. The largest absolute Gasteiger partial charge is 0.335 e. The van der Waals surface area contributed by atoms with Crippen LogP contribution in [0.2, 0.25) is 0 Å². The summed E-state index contributed by atoms with van der Waals surface area (Å²) in [6, 6.07) is 14.4. The molecule has 0 radical (unpaired) electrons. The molecule has 0 unspecified atom stereocenters. The molecule has 0 atom stereocenters. The third kappa shape index (κ3) is 4.01. The minimum absolute atomic E-state index is 0.0385. The average molecular weight is 323 g/mol. The van der Waals surface area contributed by atoms with Crippen LogP contribution in [0.25, 0.3) is 0 Å². The summed E-state index contributed by atoms with van der Waals surface area (Å²) >= 11 is 0. The standard InChI is InChI=1S/C20H25N3O/c1-16(2)18-8-6-17(7-9-18)15-22-11-13-23(14-12-22)20(24)19-5-3-4-10-21-19/h3-10,16H,11-15H2,1-2H3. The normalized spacial score (nSPS) is 15.7. The van der Waals surface area contributed by atoms with Gasteiger partial charge >= 0.3 is 0 Å². The number of hydrogen-bond donors (Lipinski definition) is 0. The van der Waals surface area contributed by atoms with Crippen molar-refractivity contribution in [2.75, 3.05) is 26.2 Å². The second kappa shape index (κ2) is 7.58. The van der Waals surface area contributed by atoms with Gasteiger partial charge in [0.15, 0.2) is 0 Å².